The predicted octanol–water partition coefficient (Wildman–Crippen LogP) is 2.42. The van der Waals surface area contributed by atoms with Crippen LogP contribution in [0, 0.1) is 0 Å². The van der Waals surface area contributed by atoms with Crippen LogP contribution in [0.2, 0.25) is 0 Å². The van der Waals surface area contributed by atoms with Gasteiger partial charge < -0.3 is 9.64 Å². The number of morpholine rings is 1. The fourth-order valence-electron chi connectivity index (χ4n) is 4.32. The van der Waals surface area contributed by atoms with Crippen LogP contribution >= 0.6 is 0 Å². The summed E-state index contributed by atoms with van der Waals surface area (Å²) < 4.78 is 5.44. The van der Waals surface area contributed by atoms with Crippen molar-refractivity contribution in [2.24, 2.45) is 0 Å². The van der Waals surface area contributed by atoms with E-state index in [1.807, 2.05) is 35.2 Å². The van der Waals surface area contributed by atoms with E-state index in [-0.39, 0.29) is 36.7 Å². The molecule has 7 heteroatoms. The molecule has 168 valence electrons. The second-order valence-corrected chi connectivity index (χ2v) is 8.33. The highest BCUT2D eigenvalue weighted by atomic mass is 16.5. The van der Waals surface area contributed by atoms with Gasteiger partial charge in [0.05, 0.1) is 24.3 Å². The lowest BCUT2D eigenvalue weighted by molar-refractivity contribution is -0.134. The topological polar surface area (TPSA) is 70.2 Å². The largest absolute Gasteiger partial charge is 0.379 e. The SMILES string of the molecule is CC(CN1CCOCC1)N(Cc1ccccc1)C(=O)CCN1C(=O)c2ccccc2C1=O. The number of carbonyl (C=O) groups is 3. The number of benzene rings is 2. The zero-order chi connectivity index (χ0) is 22.5. The Hall–Kier alpha value is -3.03. The van der Waals surface area contributed by atoms with E-state index >= 15 is 0 Å². The van der Waals surface area contributed by atoms with Crippen LogP contribution in [0.1, 0.15) is 39.6 Å². The average molecular weight is 436 g/mol. The Labute approximate surface area is 188 Å². The van der Waals surface area contributed by atoms with Gasteiger partial charge in [-0.3, -0.25) is 24.2 Å². The molecule has 1 unspecified atom stereocenters. The molecule has 1 atom stereocenters. The smallest absolute Gasteiger partial charge is 0.261 e. The van der Waals surface area contributed by atoms with Crippen LogP contribution in [-0.4, -0.2) is 77.9 Å². The lowest BCUT2D eigenvalue weighted by Gasteiger charge is -2.35. The van der Waals surface area contributed by atoms with Gasteiger partial charge in [0.25, 0.3) is 11.8 Å². The van der Waals surface area contributed by atoms with Gasteiger partial charge >= 0.3 is 0 Å². The summed E-state index contributed by atoms with van der Waals surface area (Å²) in [6, 6.07) is 16.7. The van der Waals surface area contributed by atoms with Crippen LogP contribution in [0.3, 0.4) is 0 Å². The van der Waals surface area contributed by atoms with E-state index in [0.29, 0.717) is 30.9 Å². The summed E-state index contributed by atoms with van der Waals surface area (Å²) in [6.07, 6.45) is 0.103. The van der Waals surface area contributed by atoms with Gasteiger partial charge in [-0.25, -0.2) is 0 Å². The van der Waals surface area contributed by atoms with E-state index in [1.54, 1.807) is 24.3 Å². The summed E-state index contributed by atoms with van der Waals surface area (Å²) >= 11 is 0. The van der Waals surface area contributed by atoms with Crippen LogP contribution in [-0.2, 0) is 16.1 Å². The molecule has 7 nitrogen and oxygen atoms in total. The minimum atomic E-state index is -0.325. The minimum absolute atomic E-state index is 0.0111. The molecule has 1 saturated heterocycles. The van der Waals surface area contributed by atoms with E-state index in [2.05, 4.69) is 11.8 Å². The molecule has 0 aromatic heterocycles. The van der Waals surface area contributed by atoms with Crippen molar-refractivity contribution in [3.05, 3.63) is 71.3 Å². The van der Waals surface area contributed by atoms with Gasteiger partial charge in [-0.15, -0.1) is 0 Å². The van der Waals surface area contributed by atoms with E-state index < -0.39 is 0 Å². The first kappa shape index (κ1) is 22.2. The molecule has 1 fully saturated rings. The van der Waals surface area contributed by atoms with Crippen molar-refractivity contribution in [3.63, 3.8) is 0 Å². The first-order chi connectivity index (χ1) is 15.5. The Morgan fingerprint density at radius 3 is 2.19 bits per heavy atom. The molecule has 4 rings (SSSR count). The zero-order valence-electron chi connectivity index (χ0n) is 18.4. The van der Waals surface area contributed by atoms with E-state index in [0.717, 1.165) is 25.2 Å². The highest BCUT2D eigenvalue weighted by molar-refractivity contribution is 6.21. The molecule has 0 N–H and O–H groups in total. The number of imide groups is 1. The Morgan fingerprint density at radius 2 is 1.56 bits per heavy atom. The lowest BCUT2D eigenvalue weighted by atomic mass is 10.1. The Balaban J connectivity index is 1.43. The molecule has 0 radical (unpaired) electrons. The molecule has 0 bridgehead atoms. The summed E-state index contributed by atoms with van der Waals surface area (Å²) in [6.45, 7) is 6.51. The maximum atomic E-state index is 13.3. The van der Waals surface area contributed by atoms with Crippen molar-refractivity contribution in [2.75, 3.05) is 39.4 Å². The number of ether oxygens (including phenoxy) is 1. The van der Waals surface area contributed by atoms with Gasteiger partial charge in [0.15, 0.2) is 0 Å². The number of carbonyl (C=O) groups excluding carboxylic acids is 3. The quantitative estimate of drug-likeness (QED) is 0.596. The Bertz CT molecular complexity index is 937. The molecular formula is C25H29N3O4. The molecule has 2 heterocycles. The van der Waals surface area contributed by atoms with Crippen molar-refractivity contribution in [2.45, 2.75) is 25.9 Å². The fraction of sp³-hybridized carbons (Fsp3) is 0.400. The molecular weight excluding hydrogens is 406 g/mol. The molecule has 0 spiro atoms. The van der Waals surface area contributed by atoms with Gasteiger partial charge in [-0.05, 0) is 24.6 Å². The Morgan fingerprint density at radius 1 is 0.969 bits per heavy atom. The molecule has 2 aromatic carbocycles. The first-order valence-electron chi connectivity index (χ1n) is 11.1. The number of fused-ring (bicyclic) bond motifs is 1. The van der Waals surface area contributed by atoms with Gasteiger partial charge in [0.1, 0.15) is 0 Å². The van der Waals surface area contributed by atoms with Gasteiger partial charge in [0, 0.05) is 45.2 Å². The summed E-state index contributed by atoms with van der Waals surface area (Å²) in [5, 5.41) is 0. The molecule has 2 aliphatic heterocycles. The van der Waals surface area contributed by atoms with Crippen LogP contribution in [0.15, 0.2) is 54.6 Å². The van der Waals surface area contributed by atoms with Crippen LogP contribution < -0.4 is 0 Å². The fourth-order valence-corrected chi connectivity index (χ4v) is 4.32. The van der Waals surface area contributed by atoms with Crippen molar-refractivity contribution >= 4 is 17.7 Å². The molecule has 2 aliphatic rings. The summed E-state index contributed by atoms with van der Waals surface area (Å²) in [7, 11) is 0. The number of nitrogens with zero attached hydrogens (tertiary/aromatic N) is 3. The highest BCUT2D eigenvalue weighted by Crippen LogP contribution is 2.23. The number of rotatable bonds is 8. The van der Waals surface area contributed by atoms with Gasteiger partial charge in [0.2, 0.25) is 5.91 Å². The Kier molecular flexibility index (Phi) is 6.97. The second-order valence-electron chi connectivity index (χ2n) is 8.33. The van der Waals surface area contributed by atoms with Crippen molar-refractivity contribution in [1.82, 2.24) is 14.7 Å². The van der Waals surface area contributed by atoms with E-state index in [1.165, 1.54) is 4.90 Å². The van der Waals surface area contributed by atoms with E-state index in [4.69, 9.17) is 4.74 Å². The first-order valence-corrected chi connectivity index (χ1v) is 11.1. The minimum Gasteiger partial charge on any atom is -0.379 e. The number of hydrogen-bond donors (Lipinski definition) is 0. The van der Waals surface area contributed by atoms with Crippen molar-refractivity contribution in [3.8, 4) is 0 Å². The second kappa shape index (κ2) is 10.1. The van der Waals surface area contributed by atoms with Crippen LogP contribution in [0.25, 0.3) is 0 Å². The monoisotopic (exact) mass is 435 g/mol. The third-order valence-electron chi connectivity index (χ3n) is 6.10. The number of hydrogen-bond acceptors (Lipinski definition) is 5. The molecule has 32 heavy (non-hydrogen) atoms. The van der Waals surface area contributed by atoms with Crippen molar-refractivity contribution in [1.29, 1.82) is 0 Å². The van der Waals surface area contributed by atoms with Crippen molar-refractivity contribution < 1.29 is 19.1 Å². The normalized spacial score (nSPS) is 17.3. The molecule has 3 amide bonds. The van der Waals surface area contributed by atoms with Gasteiger partial charge in [-0.1, -0.05) is 42.5 Å². The average Bonchev–Trinajstić information content (AvgIpc) is 3.07. The molecule has 2 aromatic rings. The third kappa shape index (κ3) is 4.89. The van der Waals surface area contributed by atoms with Crippen LogP contribution in [0.4, 0.5) is 0 Å². The third-order valence-corrected chi connectivity index (χ3v) is 6.10. The maximum absolute atomic E-state index is 13.3. The molecule has 0 aliphatic carbocycles. The molecule has 0 saturated carbocycles. The summed E-state index contributed by atoms with van der Waals surface area (Å²) in [4.78, 5) is 43.9. The zero-order valence-corrected chi connectivity index (χ0v) is 18.4. The summed E-state index contributed by atoms with van der Waals surface area (Å²) in [5.41, 5.74) is 1.87. The maximum Gasteiger partial charge on any atom is 0.261 e. The van der Waals surface area contributed by atoms with E-state index in [9.17, 15) is 14.4 Å². The summed E-state index contributed by atoms with van der Waals surface area (Å²) in [5.74, 6) is -0.713. The highest BCUT2D eigenvalue weighted by Gasteiger charge is 2.35. The lowest BCUT2D eigenvalue weighted by Crippen LogP contribution is -2.48. The number of amides is 3. The van der Waals surface area contributed by atoms with Crippen LogP contribution in [0.5, 0.6) is 0 Å². The predicted molar refractivity (Wildman–Crippen MR) is 120 cm³/mol. The van der Waals surface area contributed by atoms with Gasteiger partial charge in [-0.2, -0.15) is 0 Å². The standard InChI is InChI=1S/C25H29N3O4/c1-19(17-26-13-15-32-16-14-26)28(18-20-7-3-2-4-8-20)23(29)11-12-27-24(30)21-9-5-6-10-22(21)25(27)31/h2-10,19H,11-18H2,1H3.